The molecule has 1 aromatic carbocycles. The third-order valence-electron chi connectivity index (χ3n) is 2.22. The summed E-state index contributed by atoms with van der Waals surface area (Å²) >= 11 is 3.42. The second-order valence-electron chi connectivity index (χ2n) is 3.25. The zero-order valence-corrected chi connectivity index (χ0v) is 9.53. The Hall–Kier alpha value is -1.09. The van der Waals surface area contributed by atoms with Gasteiger partial charge < -0.3 is 0 Å². The first kappa shape index (κ1) is 9.46. The Kier molecular flexibility index (Phi) is 2.68. The number of benzene rings is 1. The number of hydrogen-bond donors (Lipinski definition) is 0. The van der Waals surface area contributed by atoms with Crippen molar-refractivity contribution in [2.75, 3.05) is 0 Å². The number of rotatable bonds is 2. The van der Waals surface area contributed by atoms with Gasteiger partial charge in [-0.15, -0.1) is 0 Å². The molecule has 0 atom stereocenters. The van der Waals surface area contributed by atoms with Gasteiger partial charge in [0.2, 0.25) is 0 Å². The minimum Gasteiger partial charge on any atom is -0.272 e. The van der Waals surface area contributed by atoms with Crippen LogP contribution in [-0.2, 0) is 13.5 Å². The Bertz CT molecular complexity index is 417. The van der Waals surface area contributed by atoms with Crippen molar-refractivity contribution in [3.8, 4) is 0 Å². The van der Waals surface area contributed by atoms with E-state index in [2.05, 4.69) is 45.3 Å². The molecule has 0 spiro atoms. The highest BCUT2D eigenvalue weighted by molar-refractivity contribution is 9.10. The molecule has 2 nitrogen and oxygen atoms in total. The Morgan fingerprint density at radius 3 is 2.50 bits per heavy atom. The maximum absolute atomic E-state index is 4.14. The molecule has 0 aliphatic rings. The fourth-order valence-corrected chi connectivity index (χ4v) is 1.65. The monoisotopic (exact) mass is 250 g/mol. The first-order valence-electron chi connectivity index (χ1n) is 4.47. The van der Waals surface area contributed by atoms with Crippen LogP contribution in [0, 0.1) is 0 Å². The molecule has 1 aromatic heterocycles. The average molecular weight is 251 g/mol. The van der Waals surface area contributed by atoms with Crippen LogP contribution >= 0.6 is 15.9 Å². The van der Waals surface area contributed by atoms with E-state index >= 15 is 0 Å². The maximum Gasteiger partial charge on any atom is 0.0492 e. The van der Waals surface area contributed by atoms with Crippen LogP contribution in [0.15, 0.2) is 41.0 Å². The summed E-state index contributed by atoms with van der Waals surface area (Å²) in [7, 11) is 1.97. The average Bonchev–Trinajstić information content (AvgIpc) is 2.56. The molecule has 0 N–H and O–H groups in total. The molecule has 14 heavy (non-hydrogen) atoms. The zero-order chi connectivity index (χ0) is 9.97. The summed E-state index contributed by atoms with van der Waals surface area (Å²) in [5.41, 5.74) is 2.53. The van der Waals surface area contributed by atoms with Gasteiger partial charge in [0.05, 0.1) is 0 Å². The molecule has 2 aromatic rings. The van der Waals surface area contributed by atoms with Crippen molar-refractivity contribution >= 4 is 15.9 Å². The van der Waals surface area contributed by atoms with Gasteiger partial charge in [0, 0.05) is 29.8 Å². The van der Waals surface area contributed by atoms with Gasteiger partial charge in [-0.25, -0.2) is 0 Å². The largest absolute Gasteiger partial charge is 0.272 e. The number of nitrogens with zero attached hydrogens (tertiary/aromatic N) is 2. The summed E-state index contributed by atoms with van der Waals surface area (Å²) in [5.74, 6) is 0. The predicted molar refractivity (Wildman–Crippen MR) is 60.2 cm³/mol. The van der Waals surface area contributed by atoms with E-state index in [0.29, 0.717) is 0 Å². The summed E-state index contributed by atoms with van der Waals surface area (Å²) in [6, 6.07) is 10.4. The second kappa shape index (κ2) is 3.96. The van der Waals surface area contributed by atoms with Crippen LogP contribution in [-0.4, -0.2) is 9.78 Å². The second-order valence-corrected chi connectivity index (χ2v) is 4.17. The Balaban J connectivity index is 2.19. The lowest BCUT2D eigenvalue weighted by Crippen LogP contribution is -1.98. The van der Waals surface area contributed by atoms with E-state index in [4.69, 9.17) is 0 Å². The van der Waals surface area contributed by atoms with Crippen LogP contribution in [0.3, 0.4) is 0 Å². The number of aromatic nitrogens is 2. The van der Waals surface area contributed by atoms with Crippen molar-refractivity contribution in [2.24, 2.45) is 7.05 Å². The summed E-state index contributed by atoms with van der Waals surface area (Å²) in [4.78, 5) is 0. The molecular formula is C11H11BrN2. The van der Waals surface area contributed by atoms with Gasteiger partial charge in [-0.05, 0) is 23.8 Å². The third-order valence-corrected chi connectivity index (χ3v) is 2.75. The molecule has 0 saturated carbocycles. The predicted octanol–water partition coefficient (Wildman–Crippen LogP) is 2.77. The summed E-state index contributed by atoms with van der Waals surface area (Å²) in [5, 5.41) is 4.14. The number of hydrogen-bond acceptors (Lipinski definition) is 1. The van der Waals surface area contributed by atoms with Gasteiger partial charge in [0.15, 0.2) is 0 Å². The molecule has 0 saturated heterocycles. The van der Waals surface area contributed by atoms with Gasteiger partial charge in [-0.2, -0.15) is 5.10 Å². The lowest BCUT2D eigenvalue weighted by molar-refractivity contribution is 0.724. The van der Waals surface area contributed by atoms with E-state index in [1.165, 1.54) is 11.3 Å². The lowest BCUT2D eigenvalue weighted by atomic mass is 10.1. The van der Waals surface area contributed by atoms with Gasteiger partial charge in [0.1, 0.15) is 0 Å². The van der Waals surface area contributed by atoms with Gasteiger partial charge >= 0.3 is 0 Å². The summed E-state index contributed by atoms with van der Waals surface area (Å²) in [6.45, 7) is 0. The van der Waals surface area contributed by atoms with E-state index in [1.807, 2.05) is 24.0 Å². The molecule has 0 amide bonds. The first-order valence-corrected chi connectivity index (χ1v) is 5.26. The van der Waals surface area contributed by atoms with E-state index in [-0.39, 0.29) is 0 Å². The van der Waals surface area contributed by atoms with Crippen molar-refractivity contribution in [3.63, 3.8) is 0 Å². The molecule has 0 radical (unpaired) electrons. The smallest absolute Gasteiger partial charge is 0.0492 e. The highest BCUT2D eigenvalue weighted by Crippen LogP contribution is 2.13. The van der Waals surface area contributed by atoms with Crippen LogP contribution in [0.5, 0.6) is 0 Å². The first-order chi connectivity index (χ1) is 6.75. The molecular weight excluding hydrogens is 240 g/mol. The molecule has 0 fully saturated rings. The molecule has 0 unspecified atom stereocenters. The Labute approximate surface area is 91.7 Å². The van der Waals surface area contributed by atoms with Gasteiger partial charge in [-0.1, -0.05) is 28.1 Å². The third kappa shape index (κ3) is 2.04. The van der Waals surface area contributed by atoms with E-state index < -0.39 is 0 Å². The molecule has 0 aliphatic heterocycles. The van der Waals surface area contributed by atoms with Crippen LogP contribution in [0.1, 0.15) is 11.3 Å². The Morgan fingerprint density at radius 1 is 1.21 bits per heavy atom. The minimum atomic E-state index is 0.934. The van der Waals surface area contributed by atoms with Gasteiger partial charge in [-0.3, -0.25) is 4.68 Å². The number of halogens is 1. The van der Waals surface area contributed by atoms with E-state index in [1.54, 1.807) is 0 Å². The zero-order valence-electron chi connectivity index (χ0n) is 7.94. The lowest BCUT2D eigenvalue weighted by Gasteiger charge is -2.02. The van der Waals surface area contributed by atoms with Crippen LogP contribution in [0.25, 0.3) is 0 Å². The molecule has 0 aliphatic carbocycles. The molecule has 1 heterocycles. The summed E-state index contributed by atoms with van der Waals surface area (Å²) in [6.07, 6.45) is 2.76. The number of aryl methyl sites for hydroxylation is 1. The Morgan fingerprint density at radius 2 is 1.93 bits per heavy atom. The van der Waals surface area contributed by atoms with Gasteiger partial charge in [0.25, 0.3) is 0 Å². The fourth-order valence-electron chi connectivity index (χ4n) is 1.39. The standard InChI is InChI=1S/C11H11BrN2/c1-14-11(6-7-13-14)8-9-2-4-10(12)5-3-9/h2-7H,8H2,1H3. The normalized spacial score (nSPS) is 10.4. The summed E-state index contributed by atoms with van der Waals surface area (Å²) < 4.78 is 3.02. The van der Waals surface area contributed by atoms with Crippen molar-refractivity contribution in [1.82, 2.24) is 9.78 Å². The fraction of sp³-hybridized carbons (Fsp3) is 0.182. The van der Waals surface area contributed by atoms with Crippen LogP contribution < -0.4 is 0 Å². The topological polar surface area (TPSA) is 17.8 Å². The van der Waals surface area contributed by atoms with Crippen molar-refractivity contribution < 1.29 is 0 Å². The van der Waals surface area contributed by atoms with Crippen LogP contribution in [0.4, 0.5) is 0 Å². The maximum atomic E-state index is 4.14. The highest BCUT2D eigenvalue weighted by atomic mass is 79.9. The molecule has 72 valence electrons. The SMILES string of the molecule is Cn1nccc1Cc1ccc(Br)cc1. The minimum absolute atomic E-state index is 0.934. The molecule has 2 rings (SSSR count). The molecule has 3 heteroatoms. The van der Waals surface area contributed by atoms with E-state index in [9.17, 15) is 0 Å². The van der Waals surface area contributed by atoms with Crippen molar-refractivity contribution in [3.05, 3.63) is 52.3 Å². The van der Waals surface area contributed by atoms with Crippen LogP contribution in [0.2, 0.25) is 0 Å². The molecule has 0 bridgehead atoms. The quantitative estimate of drug-likeness (QED) is 0.802. The highest BCUT2D eigenvalue weighted by Gasteiger charge is 1.99. The van der Waals surface area contributed by atoms with Crippen molar-refractivity contribution in [2.45, 2.75) is 6.42 Å². The van der Waals surface area contributed by atoms with Crippen molar-refractivity contribution in [1.29, 1.82) is 0 Å². The van der Waals surface area contributed by atoms with E-state index in [0.717, 1.165) is 10.9 Å².